The van der Waals surface area contributed by atoms with Crippen molar-refractivity contribution in [2.75, 3.05) is 40.5 Å². The van der Waals surface area contributed by atoms with Crippen LogP contribution in [0.15, 0.2) is 79.0 Å². The van der Waals surface area contributed by atoms with E-state index in [-0.39, 0.29) is 31.1 Å². The lowest BCUT2D eigenvalue weighted by atomic mass is 10.1. The Morgan fingerprint density at radius 2 is 1.64 bits per heavy atom. The molecule has 0 fully saturated rings. The number of carbonyl (C=O) groups excluding carboxylic acids is 2. The van der Waals surface area contributed by atoms with Gasteiger partial charge in [0.1, 0.15) is 12.3 Å². The third kappa shape index (κ3) is 7.70. The Kier molecular flexibility index (Phi) is 10.2. The number of methoxy groups -OCH3 is 2. The third-order valence-corrected chi connectivity index (χ3v) is 7.06. The van der Waals surface area contributed by atoms with Crippen molar-refractivity contribution in [2.24, 2.45) is 0 Å². The van der Waals surface area contributed by atoms with E-state index in [2.05, 4.69) is 4.98 Å². The van der Waals surface area contributed by atoms with E-state index in [4.69, 9.17) is 9.47 Å². The maximum absolute atomic E-state index is 13.8. The Balaban J connectivity index is 1.59. The molecule has 0 aliphatic rings. The number of para-hydroxylation sites is 2. The number of nitrogens with zero attached hydrogens (tertiary/aromatic N) is 2. The zero-order valence-corrected chi connectivity index (χ0v) is 23.6. The molecule has 0 radical (unpaired) electrons. The highest BCUT2D eigenvalue weighted by molar-refractivity contribution is 5.96. The summed E-state index contributed by atoms with van der Waals surface area (Å²) in [5.41, 5.74) is 1.77. The molecule has 4 rings (SSSR count). The van der Waals surface area contributed by atoms with E-state index in [9.17, 15) is 22.8 Å². The lowest BCUT2D eigenvalue weighted by molar-refractivity contribution is -0.137. The largest absolute Gasteiger partial charge is 0.496 e. The minimum atomic E-state index is -4.60. The van der Waals surface area contributed by atoms with Crippen LogP contribution < -0.4 is 4.74 Å². The molecular formula is C32H34F3N3O4. The lowest BCUT2D eigenvalue weighted by Gasteiger charge is -2.28. The third-order valence-electron chi connectivity index (χ3n) is 7.06. The van der Waals surface area contributed by atoms with Crippen molar-refractivity contribution in [3.8, 4) is 5.75 Å². The molecule has 0 spiro atoms. The summed E-state index contributed by atoms with van der Waals surface area (Å²) in [4.78, 5) is 33.5. The molecule has 1 heterocycles. The first-order valence-electron chi connectivity index (χ1n) is 13.6. The molecule has 0 bridgehead atoms. The van der Waals surface area contributed by atoms with Gasteiger partial charge in [-0.05, 0) is 48.7 Å². The summed E-state index contributed by atoms with van der Waals surface area (Å²) in [5, 5.41) is 1.06. The highest BCUT2D eigenvalue weighted by atomic mass is 19.4. The van der Waals surface area contributed by atoms with Gasteiger partial charge in [0.15, 0.2) is 0 Å². The Morgan fingerprint density at radius 3 is 2.40 bits per heavy atom. The Morgan fingerprint density at radius 1 is 0.881 bits per heavy atom. The molecule has 0 saturated carbocycles. The Hall–Kier alpha value is -4.31. The minimum absolute atomic E-state index is 0.134. The fourth-order valence-electron chi connectivity index (χ4n) is 4.85. The zero-order valence-electron chi connectivity index (χ0n) is 23.6. The standard InChI is InChI=1S/C32H34F3N3O4/c1-41-18-8-16-38(31(40)23-10-7-11-26(19-23)32(33,34)35)22-30(39)37(21-25-9-3-6-14-29(25)42-2)17-15-24-20-36-28-13-5-4-12-27(24)28/h3-7,9-14,19-20,36H,8,15-18,21-22H2,1-2H3. The zero-order chi connectivity index (χ0) is 30.1. The van der Waals surface area contributed by atoms with Gasteiger partial charge in [-0.1, -0.05) is 42.5 Å². The van der Waals surface area contributed by atoms with E-state index >= 15 is 0 Å². The van der Waals surface area contributed by atoms with Crippen LogP contribution in [0, 0.1) is 0 Å². The molecule has 42 heavy (non-hydrogen) atoms. The van der Waals surface area contributed by atoms with Gasteiger partial charge >= 0.3 is 6.18 Å². The van der Waals surface area contributed by atoms with Crippen molar-refractivity contribution in [1.82, 2.24) is 14.8 Å². The number of amides is 2. The molecule has 0 saturated heterocycles. The number of rotatable bonds is 13. The monoisotopic (exact) mass is 581 g/mol. The summed E-state index contributed by atoms with van der Waals surface area (Å²) in [7, 11) is 3.08. The van der Waals surface area contributed by atoms with Crippen LogP contribution in [0.2, 0.25) is 0 Å². The van der Waals surface area contributed by atoms with Gasteiger partial charge in [-0.15, -0.1) is 0 Å². The van der Waals surface area contributed by atoms with Gasteiger partial charge in [0, 0.05) is 61.6 Å². The maximum Gasteiger partial charge on any atom is 0.416 e. The summed E-state index contributed by atoms with van der Waals surface area (Å²) in [6.45, 7) is 0.741. The van der Waals surface area contributed by atoms with Gasteiger partial charge in [-0.2, -0.15) is 13.2 Å². The molecule has 10 heteroatoms. The second-order valence-electron chi connectivity index (χ2n) is 9.89. The van der Waals surface area contributed by atoms with E-state index in [1.165, 1.54) is 24.1 Å². The van der Waals surface area contributed by atoms with Crippen LogP contribution >= 0.6 is 0 Å². The molecule has 0 aliphatic carbocycles. The molecule has 1 aromatic heterocycles. The van der Waals surface area contributed by atoms with Gasteiger partial charge in [0.25, 0.3) is 5.91 Å². The summed E-state index contributed by atoms with van der Waals surface area (Å²) in [5.74, 6) is -0.364. The highest BCUT2D eigenvalue weighted by Gasteiger charge is 2.32. The molecule has 0 atom stereocenters. The van der Waals surface area contributed by atoms with Crippen molar-refractivity contribution in [3.63, 3.8) is 0 Å². The molecule has 4 aromatic rings. The maximum atomic E-state index is 13.8. The predicted molar refractivity (Wildman–Crippen MR) is 154 cm³/mol. The molecule has 2 amide bonds. The van der Waals surface area contributed by atoms with Gasteiger partial charge in [0.2, 0.25) is 5.91 Å². The smallest absolute Gasteiger partial charge is 0.416 e. The second kappa shape index (κ2) is 14.0. The van der Waals surface area contributed by atoms with Gasteiger partial charge < -0.3 is 24.3 Å². The molecule has 222 valence electrons. The first-order chi connectivity index (χ1) is 20.2. The minimum Gasteiger partial charge on any atom is -0.496 e. The second-order valence-corrected chi connectivity index (χ2v) is 9.89. The van der Waals surface area contributed by atoms with Crippen molar-refractivity contribution in [3.05, 3.63) is 101 Å². The SMILES string of the molecule is COCCCN(CC(=O)N(CCc1c[nH]c2ccccc12)Cc1ccccc1OC)C(=O)c1cccc(C(F)(F)F)c1. The van der Waals surface area contributed by atoms with Crippen molar-refractivity contribution in [2.45, 2.75) is 25.6 Å². The molecule has 0 aliphatic heterocycles. The van der Waals surface area contributed by atoms with Gasteiger partial charge in [0.05, 0.1) is 12.7 Å². The van der Waals surface area contributed by atoms with Gasteiger partial charge in [-0.25, -0.2) is 0 Å². The van der Waals surface area contributed by atoms with Crippen LogP contribution in [0.4, 0.5) is 13.2 Å². The number of halogens is 3. The number of nitrogens with one attached hydrogen (secondary N) is 1. The number of hydrogen-bond donors (Lipinski definition) is 1. The number of alkyl halides is 3. The Bertz CT molecular complexity index is 1500. The first kappa shape index (κ1) is 30.6. The summed E-state index contributed by atoms with van der Waals surface area (Å²) >= 11 is 0. The average molecular weight is 582 g/mol. The number of benzene rings is 3. The predicted octanol–water partition coefficient (Wildman–Crippen LogP) is 5.95. The van der Waals surface area contributed by atoms with Crippen molar-refractivity contribution < 1.29 is 32.2 Å². The van der Waals surface area contributed by atoms with Crippen LogP contribution in [0.5, 0.6) is 5.75 Å². The molecule has 1 N–H and O–H groups in total. The van der Waals surface area contributed by atoms with Crippen LogP contribution in [0.1, 0.15) is 33.5 Å². The molecule has 0 unspecified atom stereocenters. The van der Waals surface area contributed by atoms with E-state index in [0.717, 1.165) is 34.2 Å². The number of aromatic nitrogens is 1. The fourth-order valence-corrected chi connectivity index (χ4v) is 4.85. The van der Waals surface area contributed by atoms with E-state index in [1.54, 1.807) is 12.0 Å². The highest BCUT2D eigenvalue weighted by Crippen LogP contribution is 2.30. The number of aromatic amines is 1. The normalized spacial score (nSPS) is 11.5. The van der Waals surface area contributed by atoms with Crippen molar-refractivity contribution >= 4 is 22.7 Å². The summed E-state index contributed by atoms with van der Waals surface area (Å²) < 4.78 is 50.7. The van der Waals surface area contributed by atoms with Crippen LogP contribution in [-0.2, 0) is 28.7 Å². The van der Waals surface area contributed by atoms with Crippen molar-refractivity contribution in [1.29, 1.82) is 0 Å². The Labute approximate surface area is 242 Å². The molecular weight excluding hydrogens is 547 g/mol. The number of hydrogen-bond acceptors (Lipinski definition) is 4. The van der Waals surface area contributed by atoms with Crippen LogP contribution in [0.25, 0.3) is 10.9 Å². The average Bonchev–Trinajstić information content (AvgIpc) is 3.41. The number of ether oxygens (including phenoxy) is 2. The quantitative estimate of drug-likeness (QED) is 0.198. The molecule has 3 aromatic carbocycles. The topological polar surface area (TPSA) is 74.9 Å². The van der Waals surface area contributed by atoms with E-state index in [0.29, 0.717) is 31.7 Å². The van der Waals surface area contributed by atoms with E-state index in [1.807, 2.05) is 54.7 Å². The summed E-state index contributed by atoms with van der Waals surface area (Å²) in [6, 6.07) is 19.5. The van der Waals surface area contributed by atoms with Crippen LogP contribution in [0.3, 0.4) is 0 Å². The van der Waals surface area contributed by atoms with Gasteiger partial charge in [-0.3, -0.25) is 9.59 Å². The summed E-state index contributed by atoms with van der Waals surface area (Å²) in [6.07, 6.45) is -1.71. The number of H-pyrrole nitrogens is 1. The molecule has 7 nitrogen and oxygen atoms in total. The van der Waals surface area contributed by atoms with E-state index < -0.39 is 17.6 Å². The van der Waals surface area contributed by atoms with Crippen LogP contribution in [-0.4, -0.2) is 67.1 Å². The first-order valence-corrected chi connectivity index (χ1v) is 13.6. The fraction of sp³-hybridized carbons (Fsp3) is 0.312. The lowest BCUT2D eigenvalue weighted by Crippen LogP contribution is -2.44. The number of fused-ring (bicyclic) bond motifs is 1. The number of carbonyl (C=O) groups is 2.